The summed E-state index contributed by atoms with van der Waals surface area (Å²) in [7, 11) is 1.41. The number of alkyl halides is 3. The summed E-state index contributed by atoms with van der Waals surface area (Å²) in [6.45, 7) is 3.59. The van der Waals surface area contributed by atoms with Gasteiger partial charge in [-0.2, -0.15) is 13.2 Å². The molecule has 1 unspecified atom stereocenters. The molecule has 0 saturated heterocycles. The second-order valence-electron chi connectivity index (χ2n) is 4.49. The monoisotopic (exact) mass is 291 g/mol. The molecule has 1 aromatic carbocycles. The van der Waals surface area contributed by atoms with Crippen molar-refractivity contribution in [3.63, 3.8) is 0 Å². The third kappa shape index (κ3) is 5.28. The smallest absolute Gasteiger partial charge is 0.422 e. The van der Waals surface area contributed by atoms with Crippen molar-refractivity contribution < 1.29 is 22.6 Å². The summed E-state index contributed by atoms with van der Waals surface area (Å²) >= 11 is 0. The molecule has 0 aromatic heterocycles. The molecule has 0 heterocycles. The van der Waals surface area contributed by atoms with Crippen LogP contribution in [0.3, 0.4) is 0 Å². The topological polar surface area (TPSA) is 30.5 Å². The van der Waals surface area contributed by atoms with Gasteiger partial charge in [0.2, 0.25) is 0 Å². The predicted molar refractivity (Wildman–Crippen MR) is 71.3 cm³/mol. The Morgan fingerprint density at radius 1 is 1.25 bits per heavy atom. The summed E-state index contributed by atoms with van der Waals surface area (Å²) in [4.78, 5) is 0. The first-order valence-electron chi connectivity index (χ1n) is 6.48. The minimum absolute atomic E-state index is 0.0938. The van der Waals surface area contributed by atoms with Gasteiger partial charge < -0.3 is 14.8 Å². The second kappa shape index (κ2) is 7.38. The maximum Gasteiger partial charge on any atom is 0.422 e. The minimum atomic E-state index is -4.36. The van der Waals surface area contributed by atoms with Crippen LogP contribution in [0.1, 0.15) is 31.9 Å². The van der Waals surface area contributed by atoms with Crippen molar-refractivity contribution in [2.45, 2.75) is 32.5 Å². The Bertz CT molecular complexity index is 421. The van der Waals surface area contributed by atoms with Crippen LogP contribution in [0, 0.1) is 0 Å². The summed E-state index contributed by atoms with van der Waals surface area (Å²) in [5.41, 5.74) is 0.939. The summed E-state index contributed by atoms with van der Waals surface area (Å²) in [5.74, 6) is 0.396. The molecule has 0 radical (unpaired) electrons. The van der Waals surface area contributed by atoms with Gasteiger partial charge in [-0.25, -0.2) is 0 Å². The van der Waals surface area contributed by atoms with Gasteiger partial charge in [0.25, 0.3) is 0 Å². The molecule has 0 amide bonds. The highest BCUT2D eigenvalue weighted by Gasteiger charge is 2.29. The Morgan fingerprint density at radius 2 is 1.95 bits per heavy atom. The molecular weight excluding hydrogens is 271 g/mol. The normalized spacial score (nSPS) is 13.1. The lowest BCUT2D eigenvalue weighted by atomic mass is 10.1. The van der Waals surface area contributed by atoms with Gasteiger partial charge in [-0.05, 0) is 37.6 Å². The number of hydrogen-bond acceptors (Lipinski definition) is 3. The zero-order valence-electron chi connectivity index (χ0n) is 11.9. The van der Waals surface area contributed by atoms with E-state index in [1.165, 1.54) is 13.2 Å². The van der Waals surface area contributed by atoms with E-state index in [1.54, 1.807) is 12.1 Å². The van der Waals surface area contributed by atoms with Crippen LogP contribution in [0.4, 0.5) is 13.2 Å². The molecule has 1 rings (SSSR count). The van der Waals surface area contributed by atoms with Crippen molar-refractivity contribution in [3.05, 3.63) is 23.8 Å². The van der Waals surface area contributed by atoms with Gasteiger partial charge >= 0.3 is 6.18 Å². The summed E-state index contributed by atoms with van der Waals surface area (Å²) in [6.07, 6.45) is -3.35. The Labute approximate surface area is 117 Å². The Hall–Kier alpha value is -1.43. The van der Waals surface area contributed by atoms with E-state index in [2.05, 4.69) is 12.2 Å². The number of halogens is 3. The quantitative estimate of drug-likeness (QED) is 0.831. The molecule has 3 nitrogen and oxygen atoms in total. The fraction of sp³-hybridized carbons (Fsp3) is 0.571. The first-order valence-corrected chi connectivity index (χ1v) is 6.48. The Morgan fingerprint density at radius 3 is 2.50 bits per heavy atom. The van der Waals surface area contributed by atoms with Crippen molar-refractivity contribution in [3.8, 4) is 11.5 Å². The van der Waals surface area contributed by atoms with Gasteiger partial charge in [0.15, 0.2) is 18.1 Å². The molecule has 0 spiro atoms. The second-order valence-corrected chi connectivity index (χ2v) is 4.49. The standard InChI is InChI=1S/C14H20F3NO2/c1-4-7-18-10(2)11-5-6-12(13(8-11)19-3)20-9-14(15,16)17/h5-6,8,10,18H,4,7,9H2,1-3H3. The predicted octanol–water partition coefficient (Wildman–Crippen LogP) is 3.70. The molecule has 0 bridgehead atoms. The van der Waals surface area contributed by atoms with Crippen LogP contribution in [0.5, 0.6) is 11.5 Å². The van der Waals surface area contributed by atoms with Gasteiger partial charge in [0.1, 0.15) is 0 Å². The number of benzene rings is 1. The van der Waals surface area contributed by atoms with Crippen molar-refractivity contribution in [1.29, 1.82) is 0 Å². The average Bonchev–Trinajstić information content (AvgIpc) is 2.41. The third-order valence-corrected chi connectivity index (χ3v) is 2.78. The number of ether oxygens (including phenoxy) is 2. The van der Waals surface area contributed by atoms with Gasteiger partial charge in [0.05, 0.1) is 7.11 Å². The van der Waals surface area contributed by atoms with E-state index >= 15 is 0 Å². The molecule has 1 atom stereocenters. The zero-order valence-corrected chi connectivity index (χ0v) is 11.9. The molecule has 0 fully saturated rings. The van der Waals surface area contributed by atoms with E-state index in [0.717, 1.165) is 18.5 Å². The molecule has 0 aliphatic rings. The molecule has 0 saturated carbocycles. The van der Waals surface area contributed by atoms with Crippen molar-refractivity contribution in [1.82, 2.24) is 5.32 Å². The van der Waals surface area contributed by atoms with Crippen LogP contribution in [0.2, 0.25) is 0 Å². The van der Waals surface area contributed by atoms with Crippen molar-refractivity contribution in [2.75, 3.05) is 20.3 Å². The number of hydrogen-bond donors (Lipinski definition) is 1. The highest BCUT2D eigenvalue weighted by Crippen LogP contribution is 2.31. The molecular formula is C14H20F3NO2. The molecule has 114 valence electrons. The van der Waals surface area contributed by atoms with Crippen LogP contribution in [0.25, 0.3) is 0 Å². The molecule has 6 heteroatoms. The maximum absolute atomic E-state index is 12.1. The Kier molecular flexibility index (Phi) is 6.13. The fourth-order valence-electron chi connectivity index (χ4n) is 1.71. The van der Waals surface area contributed by atoms with Crippen LogP contribution < -0.4 is 14.8 Å². The molecule has 0 aliphatic heterocycles. The lowest BCUT2D eigenvalue weighted by Gasteiger charge is -2.17. The first-order chi connectivity index (χ1) is 9.37. The van der Waals surface area contributed by atoms with E-state index in [9.17, 15) is 13.2 Å². The van der Waals surface area contributed by atoms with E-state index in [-0.39, 0.29) is 11.8 Å². The fourth-order valence-corrected chi connectivity index (χ4v) is 1.71. The summed E-state index contributed by atoms with van der Waals surface area (Å²) < 4.78 is 46.3. The van der Waals surface area contributed by atoms with Crippen molar-refractivity contribution >= 4 is 0 Å². The lowest BCUT2D eigenvalue weighted by Crippen LogP contribution is -2.20. The van der Waals surface area contributed by atoms with Crippen molar-refractivity contribution in [2.24, 2.45) is 0 Å². The average molecular weight is 291 g/mol. The van der Waals surface area contributed by atoms with Gasteiger partial charge in [-0.1, -0.05) is 13.0 Å². The van der Waals surface area contributed by atoms with E-state index in [1.807, 2.05) is 6.92 Å². The third-order valence-electron chi connectivity index (χ3n) is 2.78. The highest BCUT2D eigenvalue weighted by atomic mass is 19.4. The van der Waals surface area contributed by atoms with Crippen LogP contribution in [-0.4, -0.2) is 26.4 Å². The van der Waals surface area contributed by atoms with Gasteiger partial charge in [-0.3, -0.25) is 0 Å². The van der Waals surface area contributed by atoms with E-state index in [0.29, 0.717) is 5.75 Å². The number of nitrogens with one attached hydrogen (secondary N) is 1. The SMILES string of the molecule is CCCNC(C)c1ccc(OCC(F)(F)F)c(OC)c1. The number of rotatable bonds is 7. The zero-order chi connectivity index (χ0) is 15.2. The molecule has 0 aliphatic carbocycles. The Balaban J connectivity index is 2.79. The van der Waals surface area contributed by atoms with Crippen LogP contribution >= 0.6 is 0 Å². The summed E-state index contributed by atoms with van der Waals surface area (Å²) in [6, 6.07) is 5.03. The molecule has 20 heavy (non-hydrogen) atoms. The van der Waals surface area contributed by atoms with Crippen LogP contribution in [-0.2, 0) is 0 Å². The first kappa shape index (κ1) is 16.6. The van der Waals surface area contributed by atoms with Crippen LogP contribution in [0.15, 0.2) is 18.2 Å². The summed E-state index contributed by atoms with van der Waals surface area (Å²) in [5, 5.41) is 3.30. The van der Waals surface area contributed by atoms with E-state index in [4.69, 9.17) is 9.47 Å². The molecule has 1 aromatic rings. The maximum atomic E-state index is 12.1. The highest BCUT2D eigenvalue weighted by molar-refractivity contribution is 5.43. The van der Waals surface area contributed by atoms with Gasteiger partial charge in [0, 0.05) is 6.04 Å². The number of methoxy groups -OCH3 is 1. The minimum Gasteiger partial charge on any atom is -0.493 e. The van der Waals surface area contributed by atoms with Gasteiger partial charge in [-0.15, -0.1) is 0 Å². The largest absolute Gasteiger partial charge is 0.493 e. The lowest BCUT2D eigenvalue weighted by molar-refractivity contribution is -0.153. The van der Waals surface area contributed by atoms with E-state index < -0.39 is 12.8 Å². The molecule has 1 N–H and O–H groups in total.